The van der Waals surface area contributed by atoms with E-state index in [1.54, 1.807) is 42.0 Å². The predicted molar refractivity (Wildman–Crippen MR) is 154 cm³/mol. The lowest BCUT2D eigenvalue weighted by molar-refractivity contribution is -0.121. The first-order valence-electron chi connectivity index (χ1n) is 12.6. The SMILES string of the molecule is COc1ccc2c(c1)c(CC(=O)NCCOCCOCCNC(=O)CCS)c(C)n2C(=O)c1ccc(Cl)cc1. The van der Waals surface area contributed by atoms with Gasteiger partial charge in [0, 0.05) is 41.2 Å². The standard InChI is InChI=1S/C28H34ClN3O6S/c1-19-23(18-27(34)31-11-13-38-15-14-37-12-10-30-26(33)9-16-39)24-17-22(36-2)7-8-25(24)32(19)28(35)20-3-5-21(29)6-4-20/h3-8,17,39H,9-16,18H2,1-2H3,(H,30,33)(H,31,34). The van der Waals surface area contributed by atoms with Crippen molar-refractivity contribution in [3.8, 4) is 5.75 Å². The lowest BCUT2D eigenvalue weighted by atomic mass is 10.1. The van der Waals surface area contributed by atoms with Gasteiger partial charge in [0.2, 0.25) is 11.8 Å². The van der Waals surface area contributed by atoms with Crippen molar-refractivity contribution >= 4 is 52.9 Å². The molecule has 3 aromatic rings. The van der Waals surface area contributed by atoms with Gasteiger partial charge < -0.3 is 24.8 Å². The second-order valence-electron chi connectivity index (χ2n) is 8.67. The van der Waals surface area contributed by atoms with Gasteiger partial charge in [-0.2, -0.15) is 12.6 Å². The number of hydrogen-bond acceptors (Lipinski definition) is 7. The van der Waals surface area contributed by atoms with Gasteiger partial charge in [-0.3, -0.25) is 19.0 Å². The first-order chi connectivity index (χ1) is 18.8. The van der Waals surface area contributed by atoms with E-state index < -0.39 is 0 Å². The summed E-state index contributed by atoms with van der Waals surface area (Å²) < 4.78 is 17.9. The van der Waals surface area contributed by atoms with E-state index in [0.717, 1.165) is 10.9 Å². The summed E-state index contributed by atoms with van der Waals surface area (Å²) in [5.74, 6) is 0.708. The van der Waals surface area contributed by atoms with Crippen molar-refractivity contribution in [1.82, 2.24) is 15.2 Å². The number of carbonyl (C=O) groups excluding carboxylic acids is 3. The molecule has 1 heterocycles. The van der Waals surface area contributed by atoms with Gasteiger partial charge in [-0.05, 0) is 60.7 Å². The summed E-state index contributed by atoms with van der Waals surface area (Å²) >= 11 is 10.0. The van der Waals surface area contributed by atoms with Crippen LogP contribution in [0.25, 0.3) is 10.9 Å². The van der Waals surface area contributed by atoms with Crippen LogP contribution < -0.4 is 15.4 Å². The zero-order chi connectivity index (χ0) is 28.2. The molecule has 0 aliphatic carbocycles. The highest BCUT2D eigenvalue weighted by Gasteiger charge is 2.22. The Balaban J connectivity index is 1.53. The number of thiol groups is 1. The minimum Gasteiger partial charge on any atom is -0.497 e. The van der Waals surface area contributed by atoms with Gasteiger partial charge in [0.25, 0.3) is 5.91 Å². The molecule has 0 saturated heterocycles. The molecule has 0 fully saturated rings. The van der Waals surface area contributed by atoms with Crippen LogP contribution in [-0.4, -0.2) is 74.7 Å². The maximum Gasteiger partial charge on any atom is 0.262 e. The van der Waals surface area contributed by atoms with E-state index in [1.807, 2.05) is 19.1 Å². The highest BCUT2D eigenvalue weighted by Crippen LogP contribution is 2.30. The third-order valence-corrected chi connectivity index (χ3v) is 6.50. The lowest BCUT2D eigenvalue weighted by Gasteiger charge is -2.09. The van der Waals surface area contributed by atoms with Crippen LogP contribution in [0.2, 0.25) is 5.02 Å². The topological polar surface area (TPSA) is 108 Å². The summed E-state index contributed by atoms with van der Waals surface area (Å²) in [4.78, 5) is 37.5. The van der Waals surface area contributed by atoms with Gasteiger partial charge in [-0.25, -0.2) is 0 Å². The molecule has 11 heteroatoms. The van der Waals surface area contributed by atoms with Crippen molar-refractivity contribution in [2.75, 3.05) is 52.4 Å². The van der Waals surface area contributed by atoms with Gasteiger partial charge in [0.15, 0.2) is 0 Å². The Hall–Kier alpha value is -3.05. The molecule has 0 aliphatic rings. The molecule has 1 aromatic heterocycles. The van der Waals surface area contributed by atoms with Gasteiger partial charge in [0.05, 0.1) is 45.5 Å². The Morgan fingerprint density at radius 2 is 1.56 bits per heavy atom. The molecular formula is C28H34ClN3O6S. The summed E-state index contributed by atoms with van der Waals surface area (Å²) in [6, 6.07) is 12.2. The number of aromatic nitrogens is 1. The zero-order valence-corrected chi connectivity index (χ0v) is 23.8. The molecule has 9 nitrogen and oxygen atoms in total. The van der Waals surface area contributed by atoms with Crippen molar-refractivity contribution < 1.29 is 28.6 Å². The number of nitrogens with one attached hydrogen (secondary N) is 2. The fraction of sp³-hybridized carbons (Fsp3) is 0.393. The number of nitrogens with zero attached hydrogens (tertiary/aromatic N) is 1. The third-order valence-electron chi connectivity index (χ3n) is 6.02. The van der Waals surface area contributed by atoms with Crippen molar-refractivity contribution in [1.29, 1.82) is 0 Å². The lowest BCUT2D eigenvalue weighted by Crippen LogP contribution is -2.29. The number of benzene rings is 2. The minimum absolute atomic E-state index is 0.0485. The molecule has 0 saturated carbocycles. The molecule has 0 aliphatic heterocycles. The Labute approximate surface area is 238 Å². The molecule has 0 atom stereocenters. The molecule has 0 unspecified atom stereocenters. The number of carbonyl (C=O) groups is 3. The summed E-state index contributed by atoms with van der Waals surface area (Å²) in [6.07, 6.45) is 0.480. The number of fused-ring (bicyclic) bond motifs is 1. The predicted octanol–water partition coefficient (Wildman–Crippen LogP) is 3.43. The van der Waals surface area contributed by atoms with Gasteiger partial charge in [-0.1, -0.05) is 11.6 Å². The number of methoxy groups -OCH3 is 1. The van der Waals surface area contributed by atoms with Gasteiger partial charge in [-0.15, -0.1) is 0 Å². The van der Waals surface area contributed by atoms with Crippen LogP contribution >= 0.6 is 24.2 Å². The van der Waals surface area contributed by atoms with E-state index in [2.05, 4.69) is 23.3 Å². The van der Waals surface area contributed by atoms with Gasteiger partial charge >= 0.3 is 0 Å². The Kier molecular flexibility index (Phi) is 12.1. The fourth-order valence-electron chi connectivity index (χ4n) is 4.06. The van der Waals surface area contributed by atoms with Crippen LogP contribution in [0, 0.1) is 6.92 Å². The largest absolute Gasteiger partial charge is 0.497 e. The quantitative estimate of drug-likeness (QED) is 0.189. The highest BCUT2D eigenvalue weighted by molar-refractivity contribution is 7.80. The van der Waals surface area contributed by atoms with E-state index in [0.29, 0.717) is 79.2 Å². The van der Waals surface area contributed by atoms with E-state index in [1.165, 1.54) is 0 Å². The summed E-state index contributed by atoms with van der Waals surface area (Å²) in [5, 5.41) is 6.92. The number of ether oxygens (including phenoxy) is 3. The van der Waals surface area contributed by atoms with Gasteiger partial charge in [0.1, 0.15) is 5.75 Å². The maximum atomic E-state index is 13.4. The van der Waals surface area contributed by atoms with Crippen LogP contribution in [0.4, 0.5) is 0 Å². The average molecular weight is 576 g/mol. The number of halogens is 1. The van der Waals surface area contributed by atoms with Crippen LogP contribution in [0.5, 0.6) is 5.75 Å². The van der Waals surface area contributed by atoms with E-state index in [-0.39, 0.29) is 24.1 Å². The molecule has 2 aromatic carbocycles. The summed E-state index contributed by atoms with van der Waals surface area (Å²) in [6.45, 7) is 4.10. The molecule has 0 radical (unpaired) electrons. The highest BCUT2D eigenvalue weighted by atomic mass is 35.5. The normalized spacial score (nSPS) is 11.0. The molecule has 39 heavy (non-hydrogen) atoms. The molecule has 2 N–H and O–H groups in total. The molecule has 0 bridgehead atoms. The van der Waals surface area contributed by atoms with Crippen LogP contribution in [0.15, 0.2) is 42.5 Å². The zero-order valence-electron chi connectivity index (χ0n) is 22.1. The smallest absolute Gasteiger partial charge is 0.262 e. The molecule has 2 amide bonds. The summed E-state index contributed by atoms with van der Waals surface area (Å²) in [5.41, 5.74) is 2.62. The fourth-order valence-corrected chi connectivity index (χ4v) is 4.39. The van der Waals surface area contributed by atoms with E-state index in [4.69, 9.17) is 25.8 Å². The van der Waals surface area contributed by atoms with Crippen LogP contribution in [0.3, 0.4) is 0 Å². The monoisotopic (exact) mass is 575 g/mol. The minimum atomic E-state index is -0.207. The Morgan fingerprint density at radius 1 is 0.923 bits per heavy atom. The van der Waals surface area contributed by atoms with Crippen molar-refractivity contribution in [3.63, 3.8) is 0 Å². The molecule has 210 valence electrons. The maximum absolute atomic E-state index is 13.4. The average Bonchev–Trinajstić information content (AvgIpc) is 3.19. The third kappa shape index (κ3) is 8.72. The molecular weight excluding hydrogens is 542 g/mol. The van der Waals surface area contributed by atoms with Crippen molar-refractivity contribution in [3.05, 3.63) is 64.3 Å². The number of hydrogen-bond donors (Lipinski definition) is 3. The second-order valence-corrected chi connectivity index (χ2v) is 9.55. The second kappa shape index (κ2) is 15.5. The Bertz CT molecular complexity index is 1280. The van der Waals surface area contributed by atoms with Crippen LogP contribution in [-0.2, 0) is 25.5 Å². The van der Waals surface area contributed by atoms with Crippen molar-refractivity contribution in [2.24, 2.45) is 0 Å². The van der Waals surface area contributed by atoms with E-state index in [9.17, 15) is 14.4 Å². The van der Waals surface area contributed by atoms with Crippen LogP contribution in [0.1, 0.15) is 28.0 Å². The number of rotatable bonds is 15. The molecule has 3 rings (SSSR count). The molecule has 0 spiro atoms. The summed E-state index contributed by atoms with van der Waals surface area (Å²) in [7, 11) is 1.57. The number of amides is 2. The Morgan fingerprint density at radius 3 is 2.18 bits per heavy atom. The van der Waals surface area contributed by atoms with Crippen molar-refractivity contribution in [2.45, 2.75) is 19.8 Å². The first kappa shape index (κ1) is 30.5. The van der Waals surface area contributed by atoms with E-state index >= 15 is 0 Å². The first-order valence-corrected chi connectivity index (χ1v) is 13.6.